The van der Waals surface area contributed by atoms with E-state index >= 15 is 0 Å². The molecule has 0 saturated carbocycles. The largest absolute Gasteiger partial charge is 0.356 e. The molecule has 1 saturated heterocycles. The minimum Gasteiger partial charge on any atom is -0.356 e. The molecule has 1 fully saturated rings. The lowest BCUT2D eigenvalue weighted by Crippen LogP contribution is -2.34. The highest BCUT2D eigenvalue weighted by Gasteiger charge is 2.20. The molecular weight excluding hydrogens is 398 g/mol. The van der Waals surface area contributed by atoms with Crippen molar-refractivity contribution in [1.29, 1.82) is 0 Å². The minimum atomic E-state index is -3.45. The smallest absolute Gasteiger partial charge is 0.232 e. The third kappa shape index (κ3) is 7.26. The van der Waals surface area contributed by atoms with Gasteiger partial charge in [0.25, 0.3) is 0 Å². The highest BCUT2D eigenvalue weighted by Crippen LogP contribution is 2.28. The molecule has 1 aromatic carbocycles. The van der Waals surface area contributed by atoms with Crippen LogP contribution in [-0.4, -0.2) is 58.2 Å². The Morgan fingerprint density at radius 1 is 1.21 bits per heavy atom. The fourth-order valence-electron chi connectivity index (χ4n) is 3.52. The number of hydrogen-bond donors (Lipinski definition) is 1. The van der Waals surface area contributed by atoms with Gasteiger partial charge in [-0.15, -0.1) is 0 Å². The van der Waals surface area contributed by atoms with Crippen molar-refractivity contribution in [2.24, 2.45) is 0 Å². The van der Waals surface area contributed by atoms with Gasteiger partial charge in [0, 0.05) is 24.5 Å². The molecule has 1 amide bonds. The van der Waals surface area contributed by atoms with Crippen molar-refractivity contribution in [1.82, 2.24) is 10.2 Å². The first-order valence-electron chi connectivity index (χ1n) is 10.0. The number of amides is 1. The van der Waals surface area contributed by atoms with E-state index in [4.69, 9.17) is 11.6 Å². The molecular formula is C20H32ClN3O3S. The van der Waals surface area contributed by atoms with Crippen LogP contribution in [0.15, 0.2) is 18.2 Å². The number of halogens is 1. The predicted octanol–water partition coefficient (Wildman–Crippen LogP) is 3.19. The van der Waals surface area contributed by atoms with Gasteiger partial charge in [-0.3, -0.25) is 9.10 Å². The monoisotopic (exact) mass is 429 g/mol. The van der Waals surface area contributed by atoms with Gasteiger partial charge in [-0.1, -0.05) is 24.1 Å². The molecule has 2 rings (SSSR count). The Morgan fingerprint density at radius 3 is 2.61 bits per heavy atom. The first kappa shape index (κ1) is 23.0. The topological polar surface area (TPSA) is 69.7 Å². The van der Waals surface area contributed by atoms with Crippen molar-refractivity contribution < 1.29 is 13.2 Å². The first-order valence-corrected chi connectivity index (χ1v) is 12.2. The molecule has 0 spiro atoms. The summed E-state index contributed by atoms with van der Waals surface area (Å²) < 4.78 is 25.8. The van der Waals surface area contributed by atoms with Crippen LogP contribution in [0.2, 0.25) is 5.02 Å². The zero-order chi connectivity index (χ0) is 20.6. The number of anilines is 1. The molecule has 8 heteroatoms. The van der Waals surface area contributed by atoms with E-state index < -0.39 is 10.0 Å². The van der Waals surface area contributed by atoms with Crippen LogP contribution in [0.3, 0.4) is 0 Å². The molecule has 1 aromatic rings. The van der Waals surface area contributed by atoms with Gasteiger partial charge in [0.05, 0.1) is 11.9 Å². The second kappa shape index (κ2) is 11.0. The molecule has 28 heavy (non-hydrogen) atoms. The molecule has 0 radical (unpaired) electrons. The molecule has 1 N–H and O–H groups in total. The van der Waals surface area contributed by atoms with E-state index in [1.165, 1.54) is 29.8 Å². The van der Waals surface area contributed by atoms with E-state index in [-0.39, 0.29) is 12.5 Å². The van der Waals surface area contributed by atoms with Gasteiger partial charge >= 0.3 is 0 Å². The van der Waals surface area contributed by atoms with E-state index in [1.807, 2.05) is 0 Å². The Morgan fingerprint density at radius 2 is 1.93 bits per heavy atom. The summed E-state index contributed by atoms with van der Waals surface area (Å²) in [5.41, 5.74) is 1.29. The maximum atomic E-state index is 12.2. The average molecular weight is 430 g/mol. The predicted molar refractivity (Wildman–Crippen MR) is 116 cm³/mol. The summed E-state index contributed by atoms with van der Waals surface area (Å²) in [5.74, 6) is -0.0325. The molecule has 158 valence electrons. The third-order valence-corrected chi connectivity index (χ3v) is 6.68. The summed E-state index contributed by atoms with van der Waals surface area (Å²) in [6, 6.07) is 5.21. The normalized spacial score (nSPS) is 15.4. The molecule has 1 heterocycles. The van der Waals surface area contributed by atoms with Crippen LogP contribution >= 0.6 is 11.6 Å². The van der Waals surface area contributed by atoms with Crippen molar-refractivity contribution in [2.45, 2.75) is 45.4 Å². The van der Waals surface area contributed by atoms with Gasteiger partial charge in [0.2, 0.25) is 15.9 Å². The summed E-state index contributed by atoms with van der Waals surface area (Å²) in [7, 11) is -3.45. The SMILES string of the molecule is Cc1c(Cl)cccc1N(CCCC(=O)NCCCN1CCCCC1)S(C)(=O)=O. The molecule has 0 atom stereocenters. The third-order valence-electron chi connectivity index (χ3n) is 5.10. The standard InChI is InChI=1S/C20H32ClN3O3S/c1-17-18(21)9-6-10-19(17)24(28(2,26)27)16-7-11-20(25)22-12-8-15-23-13-4-3-5-14-23/h6,9-10H,3-5,7-8,11-16H2,1-2H3,(H,22,25). The Kier molecular flexibility index (Phi) is 9.05. The number of carbonyl (C=O) groups is 1. The lowest BCUT2D eigenvalue weighted by molar-refractivity contribution is -0.121. The summed E-state index contributed by atoms with van der Waals surface area (Å²) >= 11 is 6.13. The van der Waals surface area contributed by atoms with E-state index in [0.29, 0.717) is 30.1 Å². The highest BCUT2D eigenvalue weighted by atomic mass is 35.5. The van der Waals surface area contributed by atoms with Crippen LogP contribution in [0.4, 0.5) is 5.69 Å². The van der Waals surface area contributed by atoms with Crippen LogP contribution < -0.4 is 9.62 Å². The molecule has 0 aliphatic carbocycles. The molecule has 0 aromatic heterocycles. The van der Waals surface area contributed by atoms with E-state index in [0.717, 1.165) is 31.6 Å². The zero-order valence-electron chi connectivity index (χ0n) is 16.9. The van der Waals surface area contributed by atoms with Gasteiger partial charge in [0.1, 0.15) is 0 Å². The van der Waals surface area contributed by atoms with Crippen molar-refractivity contribution >= 4 is 33.2 Å². The zero-order valence-corrected chi connectivity index (χ0v) is 18.5. The lowest BCUT2D eigenvalue weighted by atomic mass is 10.1. The van der Waals surface area contributed by atoms with Gasteiger partial charge in [0.15, 0.2) is 0 Å². The van der Waals surface area contributed by atoms with Crippen LogP contribution in [-0.2, 0) is 14.8 Å². The number of benzene rings is 1. The number of nitrogens with zero attached hydrogens (tertiary/aromatic N) is 2. The Balaban J connectivity index is 1.75. The second-order valence-corrected chi connectivity index (χ2v) is 9.74. The highest BCUT2D eigenvalue weighted by molar-refractivity contribution is 7.92. The molecule has 1 aliphatic heterocycles. The number of hydrogen-bond acceptors (Lipinski definition) is 4. The fraction of sp³-hybridized carbons (Fsp3) is 0.650. The summed E-state index contributed by atoms with van der Waals surface area (Å²) in [4.78, 5) is 14.5. The van der Waals surface area contributed by atoms with Gasteiger partial charge in [-0.25, -0.2) is 8.42 Å². The molecule has 6 nitrogen and oxygen atoms in total. The maximum Gasteiger partial charge on any atom is 0.232 e. The number of rotatable bonds is 10. The molecule has 1 aliphatic rings. The molecule has 0 bridgehead atoms. The van der Waals surface area contributed by atoms with Crippen LogP contribution in [0.25, 0.3) is 0 Å². The van der Waals surface area contributed by atoms with Gasteiger partial charge < -0.3 is 10.2 Å². The summed E-state index contributed by atoms with van der Waals surface area (Å²) in [5, 5.41) is 3.47. The second-order valence-electron chi connectivity index (χ2n) is 7.43. The van der Waals surface area contributed by atoms with Crippen LogP contribution in [0.5, 0.6) is 0 Å². The van der Waals surface area contributed by atoms with Crippen molar-refractivity contribution in [2.75, 3.05) is 43.3 Å². The van der Waals surface area contributed by atoms with Crippen LogP contribution in [0.1, 0.15) is 44.1 Å². The minimum absolute atomic E-state index is 0.0325. The Labute approximate surface area is 174 Å². The average Bonchev–Trinajstić information content (AvgIpc) is 2.65. The van der Waals surface area contributed by atoms with Gasteiger partial charge in [-0.05, 0) is 69.9 Å². The number of likely N-dealkylation sites (tertiary alicyclic amines) is 1. The van der Waals surface area contributed by atoms with Crippen molar-refractivity contribution in [3.63, 3.8) is 0 Å². The summed E-state index contributed by atoms with van der Waals surface area (Å²) in [6.07, 6.45) is 6.75. The first-order chi connectivity index (χ1) is 13.3. The van der Waals surface area contributed by atoms with Crippen molar-refractivity contribution in [3.05, 3.63) is 28.8 Å². The van der Waals surface area contributed by atoms with E-state index in [2.05, 4.69) is 10.2 Å². The number of sulfonamides is 1. The quantitative estimate of drug-likeness (QED) is 0.580. The summed E-state index contributed by atoms with van der Waals surface area (Å²) in [6.45, 7) is 6.07. The number of piperidine rings is 1. The number of carbonyl (C=O) groups excluding carboxylic acids is 1. The van der Waals surface area contributed by atoms with E-state index in [1.54, 1.807) is 25.1 Å². The van der Waals surface area contributed by atoms with Crippen molar-refractivity contribution in [3.8, 4) is 0 Å². The molecule has 0 unspecified atom stereocenters. The van der Waals surface area contributed by atoms with E-state index in [9.17, 15) is 13.2 Å². The lowest BCUT2D eigenvalue weighted by Gasteiger charge is -2.26. The Bertz CT molecular complexity index is 749. The van der Waals surface area contributed by atoms with Gasteiger partial charge in [-0.2, -0.15) is 0 Å². The number of nitrogens with one attached hydrogen (secondary N) is 1. The maximum absolute atomic E-state index is 12.2. The Hall–Kier alpha value is -1.31. The fourth-order valence-corrected chi connectivity index (χ4v) is 4.70. The van der Waals surface area contributed by atoms with Crippen LogP contribution in [0, 0.1) is 6.92 Å².